The summed E-state index contributed by atoms with van der Waals surface area (Å²) in [5.74, 6) is 0.372. The molecule has 1 aromatic rings. The van der Waals surface area contributed by atoms with Gasteiger partial charge in [0.15, 0.2) is 5.75 Å². The quantitative estimate of drug-likeness (QED) is 0.423. The van der Waals surface area contributed by atoms with E-state index < -0.39 is 4.92 Å². The highest BCUT2D eigenvalue weighted by molar-refractivity contribution is 5.48. The van der Waals surface area contributed by atoms with Gasteiger partial charge >= 0.3 is 5.69 Å². The molecule has 1 aromatic carbocycles. The Hall–Kier alpha value is -1.62. The molecule has 0 amide bonds. The summed E-state index contributed by atoms with van der Waals surface area (Å²) in [4.78, 5) is 10.5. The second kappa shape index (κ2) is 8.48. The van der Waals surface area contributed by atoms with E-state index in [1.807, 2.05) is 6.92 Å². The zero-order valence-electron chi connectivity index (χ0n) is 11.6. The van der Waals surface area contributed by atoms with E-state index in [4.69, 9.17) is 4.74 Å². The van der Waals surface area contributed by atoms with Crippen LogP contribution >= 0.6 is 0 Å². The van der Waals surface area contributed by atoms with Crippen molar-refractivity contribution >= 4 is 5.69 Å². The van der Waals surface area contributed by atoms with Crippen molar-refractivity contribution in [2.45, 2.75) is 39.7 Å². The first-order valence-electron chi connectivity index (χ1n) is 6.79. The number of unbranched alkanes of at least 4 members (excludes halogenated alkanes) is 2. The lowest BCUT2D eigenvalue weighted by Crippen LogP contribution is -2.12. The Kier molecular flexibility index (Phi) is 6.89. The van der Waals surface area contributed by atoms with Crippen molar-refractivity contribution in [3.8, 4) is 5.75 Å². The molecule has 0 fully saturated rings. The van der Waals surface area contributed by atoms with Gasteiger partial charge in [-0.05, 0) is 24.6 Å². The minimum absolute atomic E-state index is 0.0387. The van der Waals surface area contributed by atoms with Crippen molar-refractivity contribution < 1.29 is 9.66 Å². The number of benzene rings is 1. The van der Waals surface area contributed by atoms with Gasteiger partial charge in [0.05, 0.1) is 11.5 Å². The van der Waals surface area contributed by atoms with Gasteiger partial charge in [0.25, 0.3) is 0 Å². The number of ether oxygens (including phenoxy) is 1. The molecule has 0 unspecified atom stereocenters. The van der Waals surface area contributed by atoms with Crippen LogP contribution in [0.4, 0.5) is 5.69 Å². The summed E-state index contributed by atoms with van der Waals surface area (Å²) in [5.41, 5.74) is 1.04. The van der Waals surface area contributed by atoms with Gasteiger partial charge in [-0.25, -0.2) is 0 Å². The van der Waals surface area contributed by atoms with E-state index in [1.54, 1.807) is 12.1 Å². The van der Waals surface area contributed by atoms with E-state index >= 15 is 0 Å². The molecule has 106 valence electrons. The summed E-state index contributed by atoms with van der Waals surface area (Å²) >= 11 is 0. The minimum Gasteiger partial charge on any atom is -0.487 e. The number of hydrogen-bond acceptors (Lipinski definition) is 4. The molecule has 0 aromatic heterocycles. The third kappa shape index (κ3) is 5.26. The predicted octanol–water partition coefficient (Wildman–Crippen LogP) is 3.27. The second-order valence-electron chi connectivity index (χ2n) is 4.40. The van der Waals surface area contributed by atoms with Gasteiger partial charge in [-0.2, -0.15) is 0 Å². The van der Waals surface area contributed by atoms with Gasteiger partial charge in [-0.15, -0.1) is 0 Å². The molecule has 0 saturated heterocycles. The van der Waals surface area contributed by atoms with Crippen molar-refractivity contribution in [1.82, 2.24) is 5.32 Å². The molecule has 1 N–H and O–H groups in total. The van der Waals surface area contributed by atoms with Gasteiger partial charge in [-0.3, -0.25) is 10.1 Å². The van der Waals surface area contributed by atoms with Gasteiger partial charge in [0.1, 0.15) is 0 Å². The smallest absolute Gasteiger partial charge is 0.310 e. The summed E-state index contributed by atoms with van der Waals surface area (Å²) in [6.07, 6.45) is 3.10. The second-order valence-corrected chi connectivity index (χ2v) is 4.40. The minimum atomic E-state index is -0.397. The van der Waals surface area contributed by atoms with E-state index in [0.717, 1.165) is 31.4 Å². The first-order chi connectivity index (χ1) is 9.19. The molecule has 0 radical (unpaired) electrons. The average molecular weight is 266 g/mol. The molecule has 0 aliphatic heterocycles. The maximum atomic E-state index is 10.9. The molecule has 0 atom stereocenters. The van der Waals surface area contributed by atoms with E-state index in [1.165, 1.54) is 6.07 Å². The van der Waals surface area contributed by atoms with Crippen molar-refractivity contribution in [2.75, 3.05) is 13.2 Å². The Balaban J connectivity index is 2.74. The van der Waals surface area contributed by atoms with E-state index in [9.17, 15) is 10.1 Å². The zero-order valence-corrected chi connectivity index (χ0v) is 11.6. The lowest BCUT2D eigenvalue weighted by Gasteiger charge is -2.09. The lowest BCUT2D eigenvalue weighted by molar-refractivity contribution is -0.385. The van der Waals surface area contributed by atoms with E-state index in [0.29, 0.717) is 18.9 Å². The van der Waals surface area contributed by atoms with Gasteiger partial charge in [-0.1, -0.05) is 32.8 Å². The molecular weight excluding hydrogens is 244 g/mol. The maximum Gasteiger partial charge on any atom is 0.310 e. The number of nitrogens with zero attached hydrogens (tertiary/aromatic N) is 1. The number of nitrogens with one attached hydrogen (secondary N) is 1. The van der Waals surface area contributed by atoms with Crippen molar-refractivity contribution in [3.05, 3.63) is 33.9 Å². The molecule has 0 heterocycles. The van der Waals surface area contributed by atoms with Crippen LogP contribution in [0.5, 0.6) is 5.75 Å². The summed E-state index contributed by atoms with van der Waals surface area (Å²) in [6, 6.07) is 5.04. The molecule has 0 spiro atoms. The molecule has 0 saturated carbocycles. The fourth-order valence-corrected chi connectivity index (χ4v) is 1.74. The molecular formula is C14H22N2O3. The maximum absolute atomic E-state index is 10.9. The van der Waals surface area contributed by atoms with Crippen molar-refractivity contribution in [2.24, 2.45) is 0 Å². The predicted molar refractivity (Wildman–Crippen MR) is 75.5 cm³/mol. The van der Waals surface area contributed by atoms with Crippen LogP contribution < -0.4 is 10.1 Å². The molecule has 5 heteroatoms. The topological polar surface area (TPSA) is 64.4 Å². The molecule has 5 nitrogen and oxygen atoms in total. The van der Waals surface area contributed by atoms with Crippen LogP contribution in [0, 0.1) is 10.1 Å². The Bertz CT molecular complexity index is 408. The highest BCUT2D eigenvalue weighted by Gasteiger charge is 2.15. The standard InChI is InChI=1S/C14H22N2O3/c1-3-5-6-9-19-14-10-12(11-15-4-2)7-8-13(14)16(17)18/h7-8,10,15H,3-6,9,11H2,1-2H3. The summed E-state index contributed by atoms with van der Waals surface area (Å²) in [7, 11) is 0. The third-order valence-electron chi connectivity index (χ3n) is 2.81. The number of rotatable bonds is 9. The monoisotopic (exact) mass is 266 g/mol. The third-order valence-corrected chi connectivity index (χ3v) is 2.81. The zero-order chi connectivity index (χ0) is 14.1. The van der Waals surface area contributed by atoms with Crippen LogP contribution in [-0.4, -0.2) is 18.1 Å². The SMILES string of the molecule is CCCCCOc1cc(CNCC)ccc1[N+](=O)[O-]. The van der Waals surface area contributed by atoms with Crippen LogP contribution in [0.25, 0.3) is 0 Å². The first kappa shape index (κ1) is 15.4. The first-order valence-corrected chi connectivity index (χ1v) is 6.79. The molecule has 1 rings (SSSR count). The Morgan fingerprint density at radius 2 is 2.11 bits per heavy atom. The fourth-order valence-electron chi connectivity index (χ4n) is 1.74. The Morgan fingerprint density at radius 3 is 2.74 bits per heavy atom. The van der Waals surface area contributed by atoms with Gasteiger partial charge < -0.3 is 10.1 Å². The molecule has 0 aliphatic rings. The summed E-state index contributed by atoms with van der Waals surface area (Å²) in [6.45, 7) is 6.22. The summed E-state index contributed by atoms with van der Waals surface area (Å²) < 4.78 is 5.55. The molecule has 0 bridgehead atoms. The van der Waals surface area contributed by atoms with Crippen LogP contribution in [-0.2, 0) is 6.54 Å². The number of nitro benzene ring substituents is 1. The fraction of sp³-hybridized carbons (Fsp3) is 0.571. The van der Waals surface area contributed by atoms with E-state index in [2.05, 4.69) is 12.2 Å². The van der Waals surface area contributed by atoms with Gasteiger partial charge in [0.2, 0.25) is 0 Å². The Labute approximate surface area is 114 Å². The van der Waals surface area contributed by atoms with Crippen molar-refractivity contribution in [1.29, 1.82) is 0 Å². The normalized spacial score (nSPS) is 10.4. The lowest BCUT2D eigenvalue weighted by atomic mass is 10.2. The summed E-state index contributed by atoms with van der Waals surface area (Å²) in [5, 5.41) is 14.1. The number of hydrogen-bond donors (Lipinski definition) is 1. The van der Waals surface area contributed by atoms with Crippen LogP contribution in [0.3, 0.4) is 0 Å². The molecule has 0 aliphatic carbocycles. The highest BCUT2D eigenvalue weighted by atomic mass is 16.6. The average Bonchev–Trinajstić information content (AvgIpc) is 2.41. The van der Waals surface area contributed by atoms with Gasteiger partial charge in [0, 0.05) is 12.6 Å². The highest BCUT2D eigenvalue weighted by Crippen LogP contribution is 2.28. The number of nitro groups is 1. The van der Waals surface area contributed by atoms with Crippen LogP contribution in [0.15, 0.2) is 18.2 Å². The van der Waals surface area contributed by atoms with Crippen molar-refractivity contribution in [3.63, 3.8) is 0 Å². The van der Waals surface area contributed by atoms with Crippen LogP contribution in [0.1, 0.15) is 38.7 Å². The van der Waals surface area contributed by atoms with E-state index in [-0.39, 0.29) is 5.69 Å². The Morgan fingerprint density at radius 1 is 1.32 bits per heavy atom. The van der Waals surface area contributed by atoms with Crippen LogP contribution in [0.2, 0.25) is 0 Å². The largest absolute Gasteiger partial charge is 0.487 e. The molecule has 19 heavy (non-hydrogen) atoms.